The zero-order chi connectivity index (χ0) is 7.15. The number of carboxylic acid groups (broad SMARTS) is 4. The predicted octanol–water partition coefficient (Wildman–Crippen LogP) is -5.63. The van der Waals surface area contributed by atoms with Gasteiger partial charge in [-0.05, 0) is 12.3 Å². The maximum atomic E-state index is 8.33. The van der Waals surface area contributed by atoms with E-state index in [9.17, 15) is 0 Å². The molecule has 0 heterocycles. The van der Waals surface area contributed by atoms with Gasteiger partial charge in [0.2, 0.25) is 0 Å². The molecule has 0 atom stereocenters. The summed E-state index contributed by atoms with van der Waals surface area (Å²) in [4.78, 5) is 16.7. The number of carbonyl (C=O) groups is 2. The van der Waals surface area contributed by atoms with Gasteiger partial charge in [-0.2, -0.15) is 0 Å². The Hall–Kier alpha value is 0.265. The minimum Gasteiger partial charge on any atom is -0.870 e. The maximum Gasteiger partial charge on any atom is 2.00 e. The van der Waals surface area contributed by atoms with E-state index in [4.69, 9.17) is 30.0 Å². The zero-order valence-corrected chi connectivity index (χ0v) is 9.58. The van der Waals surface area contributed by atoms with Crippen molar-refractivity contribution >= 4 is 35.4 Å². The topological polar surface area (TPSA) is 186 Å². The van der Waals surface area contributed by atoms with Crippen LogP contribution in [0.4, 0.5) is 9.59 Å². The molecule has 0 amide bonds. The van der Waals surface area contributed by atoms with Crippen molar-refractivity contribution in [1.82, 2.24) is 0 Å². The molecule has 8 nitrogen and oxygen atoms in total. The maximum absolute atomic E-state index is 8.33. The third-order valence-corrected chi connectivity index (χ3v) is 0. The summed E-state index contributed by atoms with van der Waals surface area (Å²) < 4.78 is 0. The van der Waals surface area contributed by atoms with Crippen molar-refractivity contribution < 1.29 is 75.1 Å². The molecular formula is C2H2MgMn2O8. The average molecular weight is 288 g/mol. The minimum atomic E-state index is -2.33. The van der Waals surface area contributed by atoms with Gasteiger partial charge >= 0.3 is 57.2 Å². The van der Waals surface area contributed by atoms with Crippen LogP contribution >= 0.6 is 0 Å². The molecule has 0 aromatic carbocycles. The first-order valence-corrected chi connectivity index (χ1v) is 1.22. The summed E-state index contributed by atoms with van der Waals surface area (Å²) in [5.74, 6) is 0. The second kappa shape index (κ2) is 39.7. The third-order valence-electron chi connectivity index (χ3n) is 0. The summed E-state index contributed by atoms with van der Waals surface area (Å²) in [6.45, 7) is 0. The van der Waals surface area contributed by atoms with Crippen LogP contribution < -0.4 is 20.4 Å². The molecule has 2 N–H and O–H groups in total. The number of hydrogen-bond acceptors (Lipinski definition) is 8. The van der Waals surface area contributed by atoms with E-state index in [2.05, 4.69) is 0 Å². The molecule has 2 radical (unpaired) electrons. The molecule has 0 aromatic rings. The standard InChI is InChI=1S/2CH2O3.Mg.2Mn.2H2O/c2*2-1(3)4;;;;;/h2*(H2,2,3,4);;;;2*1H2/q;;3*+2;;/p-6. The van der Waals surface area contributed by atoms with Crippen molar-refractivity contribution in [3.05, 3.63) is 0 Å². The normalized spacial score (nSPS) is 3.69. The first-order valence-electron chi connectivity index (χ1n) is 1.22. The van der Waals surface area contributed by atoms with Gasteiger partial charge in [-0.25, -0.2) is 0 Å². The van der Waals surface area contributed by atoms with Gasteiger partial charge < -0.3 is 41.0 Å². The quantitative estimate of drug-likeness (QED) is 0.394. The molecule has 0 rings (SSSR count). The smallest absolute Gasteiger partial charge is 0.870 e. The first-order chi connectivity index (χ1) is 3.46. The Morgan fingerprint density at radius 2 is 0.692 bits per heavy atom. The van der Waals surface area contributed by atoms with Crippen LogP contribution in [0, 0.1) is 0 Å². The second-order valence-corrected chi connectivity index (χ2v) is 0.500. The summed E-state index contributed by atoms with van der Waals surface area (Å²) in [5, 5.41) is 33.3. The van der Waals surface area contributed by atoms with Crippen LogP contribution in [0.2, 0.25) is 0 Å². The number of rotatable bonds is 0. The van der Waals surface area contributed by atoms with Crippen molar-refractivity contribution in [1.29, 1.82) is 0 Å². The fourth-order valence-corrected chi connectivity index (χ4v) is 0. The van der Waals surface area contributed by atoms with E-state index in [0.717, 1.165) is 0 Å². The Labute approximate surface area is 110 Å². The Morgan fingerprint density at radius 3 is 0.692 bits per heavy atom. The van der Waals surface area contributed by atoms with E-state index in [1.807, 2.05) is 0 Å². The van der Waals surface area contributed by atoms with Crippen molar-refractivity contribution in [3.8, 4) is 0 Å². The fraction of sp³-hybridized carbons (Fsp3) is 0. The fourth-order valence-electron chi connectivity index (χ4n) is 0. The second-order valence-electron chi connectivity index (χ2n) is 0.500. The van der Waals surface area contributed by atoms with Gasteiger partial charge in [-0.3, -0.25) is 0 Å². The predicted molar refractivity (Wildman–Crippen MR) is 20.4 cm³/mol. The summed E-state index contributed by atoms with van der Waals surface area (Å²) >= 11 is 0. The van der Waals surface area contributed by atoms with Gasteiger partial charge in [0.15, 0.2) is 0 Å². The molecule has 0 aliphatic heterocycles. The monoisotopic (exact) mass is 288 g/mol. The van der Waals surface area contributed by atoms with Gasteiger partial charge in [0, 0.05) is 0 Å². The van der Waals surface area contributed by atoms with Crippen molar-refractivity contribution in [2.45, 2.75) is 0 Å². The third kappa shape index (κ3) is 18400. The molecule has 0 unspecified atom stereocenters. The van der Waals surface area contributed by atoms with Crippen LogP contribution in [0.1, 0.15) is 0 Å². The SMILES string of the molecule is O=C([O-])[O-].O=C([O-])[O-].[Mg+2].[Mn+2].[Mn+2].[OH-].[OH-]. The van der Waals surface area contributed by atoms with Crippen LogP contribution in [-0.4, -0.2) is 46.3 Å². The first kappa shape index (κ1) is 50.8. The summed E-state index contributed by atoms with van der Waals surface area (Å²) in [6, 6.07) is 0. The molecule has 0 spiro atoms. The van der Waals surface area contributed by atoms with Crippen LogP contribution in [0.3, 0.4) is 0 Å². The number of carbonyl (C=O) groups excluding carboxylic acids is 2. The van der Waals surface area contributed by atoms with Crippen LogP contribution in [0.5, 0.6) is 0 Å². The molecular weight excluding hydrogens is 286 g/mol. The molecule has 74 valence electrons. The Kier molecular flexibility index (Phi) is 155. The van der Waals surface area contributed by atoms with E-state index in [1.165, 1.54) is 0 Å². The van der Waals surface area contributed by atoms with E-state index in [0.29, 0.717) is 0 Å². The van der Waals surface area contributed by atoms with Gasteiger partial charge in [-0.15, -0.1) is 0 Å². The number of hydrogen-bond donors (Lipinski definition) is 0. The summed E-state index contributed by atoms with van der Waals surface area (Å²) in [5.41, 5.74) is 0. The van der Waals surface area contributed by atoms with Crippen LogP contribution in [0.15, 0.2) is 0 Å². The van der Waals surface area contributed by atoms with Crippen molar-refractivity contribution in [2.24, 2.45) is 0 Å². The van der Waals surface area contributed by atoms with E-state index in [-0.39, 0.29) is 68.1 Å². The zero-order valence-electron chi connectivity index (χ0n) is 5.81. The van der Waals surface area contributed by atoms with E-state index >= 15 is 0 Å². The van der Waals surface area contributed by atoms with Gasteiger partial charge in [-0.1, -0.05) is 0 Å². The van der Waals surface area contributed by atoms with Crippen molar-refractivity contribution in [3.63, 3.8) is 0 Å². The van der Waals surface area contributed by atoms with Gasteiger partial charge in [0.25, 0.3) is 0 Å². The Balaban J connectivity index is -0.00000000800. The molecule has 0 aliphatic rings. The molecule has 0 saturated heterocycles. The summed E-state index contributed by atoms with van der Waals surface area (Å²) in [6.07, 6.45) is -4.67. The summed E-state index contributed by atoms with van der Waals surface area (Å²) in [7, 11) is 0. The van der Waals surface area contributed by atoms with Crippen LogP contribution in [-0.2, 0) is 34.1 Å². The molecule has 0 saturated carbocycles. The van der Waals surface area contributed by atoms with Gasteiger partial charge in [0.1, 0.15) is 0 Å². The Morgan fingerprint density at radius 1 is 0.692 bits per heavy atom. The van der Waals surface area contributed by atoms with Gasteiger partial charge in [0.05, 0.1) is 0 Å². The largest absolute Gasteiger partial charge is 2.00 e. The molecule has 0 aliphatic carbocycles. The Bertz CT molecular complexity index is 78.1. The van der Waals surface area contributed by atoms with E-state index < -0.39 is 12.3 Å². The minimum absolute atomic E-state index is 0. The van der Waals surface area contributed by atoms with E-state index in [1.54, 1.807) is 0 Å². The molecule has 0 bridgehead atoms. The molecule has 0 aromatic heterocycles. The molecule has 13 heavy (non-hydrogen) atoms. The van der Waals surface area contributed by atoms with Crippen LogP contribution in [0.25, 0.3) is 0 Å². The molecule has 0 fully saturated rings. The molecule has 11 heteroatoms. The average Bonchev–Trinajstić information content (AvgIpc) is 1.25. The van der Waals surface area contributed by atoms with Crippen molar-refractivity contribution in [2.75, 3.05) is 0 Å².